The first kappa shape index (κ1) is 18.4. The van der Waals surface area contributed by atoms with Gasteiger partial charge >= 0.3 is 5.97 Å². The van der Waals surface area contributed by atoms with Crippen molar-refractivity contribution < 1.29 is 24.5 Å². The highest BCUT2D eigenvalue weighted by Gasteiger charge is 2.53. The molecule has 0 spiro atoms. The molecule has 2 aliphatic heterocycles. The summed E-state index contributed by atoms with van der Waals surface area (Å²) in [6, 6.07) is 0. The largest absolute Gasteiger partial charge is 0.462 e. The number of allylic oxidation sites excluding steroid dienone is 2. The van der Waals surface area contributed by atoms with Crippen molar-refractivity contribution in [1.82, 2.24) is 0 Å². The number of rotatable bonds is 2. The average Bonchev–Trinajstić information content (AvgIpc) is 3.25. The molecule has 138 valence electrons. The standard InChI is InChI=1S/C20H28O5/c1-12-10-16-17(25-16)20(4,23)9-7-13-14(6-5-8-19(2,3)22)18(21)24-11-15(12)13/h5-6,8,13,15-17,22-23H,1,7,9-11H2,2-4H3. The lowest BCUT2D eigenvalue weighted by Crippen LogP contribution is -2.36. The third kappa shape index (κ3) is 4.05. The molecule has 25 heavy (non-hydrogen) atoms. The van der Waals surface area contributed by atoms with Gasteiger partial charge in [-0.3, -0.25) is 0 Å². The summed E-state index contributed by atoms with van der Waals surface area (Å²) < 4.78 is 11.0. The van der Waals surface area contributed by atoms with Crippen molar-refractivity contribution in [3.63, 3.8) is 0 Å². The number of hydrogen-bond acceptors (Lipinski definition) is 5. The quantitative estimate of drug-likeness (QED) is 0.346. The van der Waals surface area contributed by atoms with E-state index in [9.17, 15) is 15.0 Å². The molecule has 1 aliphatic carbocycles. The van der Waals surface area contributed by atoms with Gasteiger partial charge in [-0.05, 0) is 40.0 Å². The number of ether oxygens (including phenoxy) is 2. The Morgan fingerprint density at radius 3 is 2.76 bits per heavy atom. The molecule has 3 rings (SSSR count). The molecule has 3 fully saturated rings. The number of cyclic esters (lactones) is 1. The van der Waals surface area contributed by atoms with Gasteiger partial charge in [-0.2, -0.15) is 0 Å². The molecule has 5 nitrogen and oxygen atoms in total. The van der Waals surface area contributed by atoms with Gasteiger partial charge in [0.25, 0.3) is 0 Å². The Hall–Kier alpha value is -1.43. The lowest BCUT2D eigenvalue weighted by molar-refractivity contribution is -0.145. The first-order valence-electron chi connectivity index (χ1n) is 8.93. The van der Waals surface area contributed by atoms with E-state index in [-0.39, 0.29) is 30.0 Å². The van der Waals surface area contributed by atoms with Gasteiger partial charge < -0.3 is 19.7 Å². The van der Waals surface area contributed by atoms with Crippen LogP contribution in [0.2, 0.25) is 0 Å². The highest BCUT2D eigenvalue weighted by atomic mass is 16.6. The summed E-state index contributed by atoms with van der Waals surface area (Å²) in [7, 11) is 0. The number of fused-ring (bicyclic) bond motifs is 2. The predicted molar refractivity (Wildman–Crippen MR) is 93.7 cm³/mol. The Labute approximate surface area is 149 Å². The van der Waals surface area contributed by atoms with E-state index >= 15 is 0 Å². The lowest BCUT2D eigenvalue weighted by atomic mass is 9.76. The molecule has 5 unspecified atom stereocenters. The second-order valence-corrected chi connectivity index (χ2v) is 8.30. The molecule has 0 aromatic carbocycles. The summed E-state index contributed by atoms with van der Waals surface area (Å²) in [4.78, 5) is 12.3. The molecule has 5 heteroatoms. The van der Waals surface area contributed by atoms with Crippen LogP contribution in [-0.4, -0.2) is 46.2 Å². The van der Waals surface area contributed by atoms with Crippen LogP contribution in [0.25, 0.3) is 0 Å². The smallest absolute Gasteiger partial charge is 0.334 e. The molecular formula is C20H28O5. The fourth-order valence-corrected chi connectivity index (χ4v) is 3.92. The van der Waals surface area contributed by atoms with Gasteiger partial charge in [-0.25, -0.2) is 4.79 Å². The van der Waals surface area contributed by atoms with E-state index in [1.54, 1.807) is 39.0 Å². The molecule has 2 heterocycles. The predicted octanol–water partition coefficient (Wildman–Crippen LogP) is 2.29. The molecular weight excluding hydrogens is 320 g/mol. The molecule has 3 aliphatic rings. The minimum absolute atomic E-state index is 0.0152. The van der Waals surface area contributed by atoms with Gasteiger partial charge in [0.05, 0.1) is 23.9 Å². The summed E-state index contributed by atoms with van der Waals surface area (Å²) in [6.07, 6.45) is 6.85. The molecule has 0 radical (unpaired) electrons. The van der Waals surface area contributed by atoms with Crippen LogP contribution in [0, 0.1) is 11.8 Å². The van der Waals surface area contributed by atoms with Crippen molar-refractivity contribution in [3.8, 4) is 0 Å². The Morgan fingerprint density at radius 1 is 1.36 bits per heavy atom. The first-order chi connectivity index (χ1) is 11.6. The van der Waals surface area contributed by atoms with Crippen molar-refractivity contribution in [2.24, 2.45) is 11.8 Å². The maximum absolute atomic E-state index is 12.3. The molecule has 1 saturated carbocycles. The number of hydrogen-bond donors (Lipinski definition) is 2. The van der Waals surface area contributed by atoms with Crippen molar-refractivity contribution >= 4 is 5.97 Å². The van der Waals surface area contributed by atoms with E-state index in [1.807, 2.05) is 0 Å². The van der Waals surface area contributed by atoms with Crippen LogP contribution in [0.15, 0.2) is 36.0 Å². The van der Waals surface area contributed by atoms with Gasteiger partial charge in [0.2, 0.25) is 0 Å². The number of carbonyl (C=O) groups is 1. The fraction of sp³-hybridized carbons (Fsp3) is 0.650. The summed E-state index contributed by atoms with van der Waals surface area (Å²) in [5, 5.41) is 20.5. The summed E-state index contributed by atoms with van der Waals surface area (Å²) >= 11 is 0. The zero-order chi connectivity index (χ0) is 18.4. The van der Waals surface area contributed by atoms with E-state index in [0.717, 1.165) is 5.57 Å². The average molecular weight is 348 g/mol. The molecule has 0 bridgehead atoms. The number of esters is 1. The Bertz CT molecular complexity index is 622. The number of epoxide rings is 1. The van der Waals surface area contributed by atoms with Crippen LogP contribution in [0.1, 0.15) is 40.0 Å². The van der Waals surface area contributed by atoms with Gasteiger partial charge in [0, 0.05) is 17.4 Å². The maximum atomic E-state index is 12.3. The molecule has 5 atom stereocenters. The van der Waals surface area contributed by atoms with Gasteiger partial charge in [0.1, 0.15) is 6.10 Å². The Balaban J connectivity index is 1.88. The molecule has 0 aromatic rings. The van der Waals surface area contributed by atoms with Crippen molar-refractivity contribution in [2.45, 2.75) is 63.4 Å². The SMILES string of the molecule is C=C1CC2OC2C(C)(O)CCC2C(=CC=CC(C)(C)O)C(=O)OCC12. The van der Waals surface area contributed by atoms with E-state index < -0.39 is 11.2 Å². The number of carbonyl (C=O) groups excluding carboxylic acids is 1. The molecule has 2 N–H and O–H groups in total. The minimum Gasteiger partial charge on any atom is -0.462 e. The third-order valence-electron chi connectivity index (χ3n) is 5.44. The van der Waals surface area contributed by atoms with Crippen LogP contribution in [0.4, 0.5) is 0 Å². The lowest BCUT2D eigenvalue weighted by Gasteiger charge is -2.35. The zero-order valence-corrected chi connectivity index (χ0v) is 15.2. The normalized spacial score (nSPS) is 40.8. The van der Waals surface area contributed by atoms with Gasteiger partial charge in [0.15, 0.2) is 0 Å². The van der Waals surface area contributed by atoms with E-state index in [0.29, 0.717) is 31.4 Å². The second kappa shape index (κ2) is 6.38. The van der Waals surface area contributed by atoms with Crippen LogP contribution >= 0.6 is 0 Å². The molecule has 0 amide bonds. The zero-order valence-electron chi connectivity index (χ0n) is 15.2. The number of aliphatic hydroxyl groups is 2. The van der Waals surface area contributed by atoms with E-state index in [4.69, 9.17) is 9.47 Å². The van der Waals surface area contributed by atoms with E-state index in [2.05, 4.69) is 6.58 Å². The van der Waals surface area contributed by atoms with Crippen molar-refractivity contribution in [1.29, 1.82) is 0 Å². The summed E-state index contributed by atoms with van der Waals surface area (Å²) in [5.41, 5.74) is -0.237. The highest BCUT2D eigenvalue weighted by Crippen LogP contribution is 2.46. The minimum atomic E-state index is -0.945. The second-order valence-electron chi connectivity index (χ2n) is 8.30. The van der Waals surface area contributed by atoms with Crippen molar-refractivity contribution in [2.75, 3.05) is 6.61 Å². The van der Waals surface area contributed by atoms with Crippen LogP contribution < -0.4 is 0 Å². The van der Waals surface area contributed by atoms with Gasteiger partial charge in [-0.15, -0.1) is 0 Å². The Morgan fingerprint density at radius 2 is 2.08 bits per heavy atom. The van der Waals surface area contributed by atoms with E-state index in [1.165, 1.54) is 0 Å². The molecule has 0 aromatic heterocycles. The van der Waals surface area contributed by atoms with Crippen LogP contribution in [0.3, 0.4) is 0 Å². The molecule has 2 saturated heterocycles. The monoisotopic (exact) mass is 348 g/mol. The highest BCUT2D eigenvalue weighted by molar-refractivity contribution is 5.90. The topological polar surface area (TPSA) is 79.3 Å². The van der Waals surface area contributed by atoms with Crippen molar-refractivity contribution in [3.05, 3.63) is 36.0 Å². The summed E-state index contributed by atoms with van der Waals surface area (Å²) in [6.45, 7) is 9.69. The Kier molecular flexibility index (Phi) is 4.69. The van der Waals surface area contributed by atoms with Crippen LogP contribution in [0.5, 0.6) is 0 Å². The van der Waals surface area contributed by atoms with Crippen LogP contribution in [-0.2, 0) is 14.3 Å². The maximum Gasteiger partial charge on any atom is 0.334 e. The first-order valence-corrected chi connectivity index (χ1v) is 8.93. The fourth-order valence-electron chi connectivity index (χ4n) is 3.92. The summed E-state index contributed by atoms with van der Waals surface area (Å²) in [5.74, 6) is -0.322. The van der Waals surface area contributed by atoms with Gasteiger partial charge in [-0.1, -0.05) is 30.4 Å². The third-order valence-corrected chi connectivity index (χ3v) is 5.44.